The van der Waals surface area contributed by atoms with Crippen LogP contribution in [0.3, 0.4) is 0 Å². The molecule has 2 aromatic rings. The molecule has 2 aliphatic heterocycles. The summed E-state index contributed by atoms with van der Waals surface area (Å²) in [6.07, 6.45) is 4.48. The number of pyridine rings is 1. The van der Waals surface area contributed by atoms with E-state index in [0.717, 1.165) is 25.3 Å². The number of fused-ring (bicyclic) bond motifs is 5. The van der Waals surface area contributed by atoms with Crippen molar-refractivity contribution in [1.82, 2.24) is 4.57 Å². The van der Waals surface area contributed by atoms with E-state index in [0.29, 0.717) is 24.2 Å². The minimum atomic E-state index is -1.34. The number of nitrogens with one attached hydrogen (secondary N) is 1. The van der Waals surface area contributed by atoms with Gasteiger partial charge in [0.05, 0.1) is 22.3 Å². The van der Waals surface area contributed by atoms with Crippen molar-refractivity contribution < 1.29 is 19.1 Å². The number of carbonyl (C=O) groups is 2. The molecular weight excluding hydrogens is 341 g/mol. The van der Waals surface area contributed by atoms with E-state index in [1.165, 1.54) is 6.20 Å². The first-order valence-electron chi connectivity index (χ1n) is 8.69. The number of hydrogen-bond acceptors (Lipinski definition) is 4. The molecule has 1 amide bonds. The fourth-order valence-electron chi connectivity index (χ4n) is 4.18. The Hall–Kier alpha value is -2.90. The van der Waals surface area contributed by atoms with Crippen molar-refractivity contribution in [3.63, 3.8) is 0 Å². The molecule has 134 valence electrons. The van der Waals surface area contributed by atoms with Gasteiger partial charge in [-0.25, -0.2) is 9.18 Å². The second-order valence-corrected chi connectivity index (χ2v) is 7.13. The molecule has 1 aromatic heterocycles. The van der Waals surface area contributed by atoms with Gasteiger partial charge in [-0.3, -0.25) is 9.59 Å². The molecule has 0 radical (unpaired) electrons. The minimum absolute atomic E-state index is 0.00834. The number of rotatable bonds is 2. The molecule has 2 fully saturated rings. The molecule has 5 rings (SSSR count). The zero-order valence-corrected chi connectivity index (χ0v) is 13.8. The summed E-state index contributed by atoms with van der Waals surface area (Å²) in [6.45, 7) is 0.578. The Kier molecular flexibility index (Phi) is 2.99. The molecule has 1 atom stereocenters. The van der Waals surface area contributed by atoms with Gasteiger partial charge < -0.3 is 19.9 Å². The maximum absolute atomic E-state index is 14.9. The second-order valence-electron chi connectivity index (χ2n) is 7.13. The van der Waals surface area contributed by atoms with Crippen molar-refractivity contribution in [3.05, 3.63) is 33.9 Å². The van der Waals surface area contributed by atoms with Crippen LogP contribution in [0.4, 0.5) is 15.8 Å². The van der Waals surface area contributed by atoms with Gasteiger partial charge in [-0.1, -0.05) is 0 Å². The van der Waals surface area contributed by atoms with E-state index < -0.39 is 23.3 Å². The van der Waals surface area contributed by atoms with Crippen molar-refractivity contribution in [2.45, 2.75) is 37.8 Å². The molecule has 1 aliphatic carbocycles. The van der Waals surface area contributed by atoms with E-state index in [1.54, 1.807) is 9.47 Å². The second kappa shape index (κ2) is 5.06. The SMILES string of the molecule is O=C(O)c1cn(C2CC2)c2c3c(c(F)cc2c1=O)N1CCC[C@@H]1C(=O)N3. The van der Waals surface area contributed by atoms with Crippen molar-refractivity contribution in [2.24, 2.45) is 0 Å². The summed E-state index contributed by atoms with van der Waals surface area (Å²) in [6, 6.07) is 0.780. The van der Waals surface area contributed by atoms with Crippen LogP contribution in [-0.4, -0.2) is 34.1 Å². The average Bonchev–Trinajstić information content (AvgIpc) is 3.31. The monoisotopic (exact) mass is 357 g/mol. The van der Waals surface area contributed by atoms with E-state index in [2.05, 4.69) is 5.32 Å². The molecule has 26 heavy (non-hydrogen) atoms. The van der Waals surface area contributed by atoms with Crippen LogP contribution in [0.15, 0.2) is 17.1 Å². The largest absolute Gasteiger partial charge is 0.477 e. The molecule has 7 nitrogen and oxygen atoms in total. The Balaban J connectivity index is 1.90. The van der Waals surface area contributed by atoms with Crippen molar-refractivity contribution >= 4 is 34.2 Å². The smallest absolute Gasteiger partial charge is 0.341 e. The van der Waals surface area contributed by atoms with Crippen LogP contribution in [0.5, 0.6) is 0 Å². The van der Waals surface area contributed by atoms with Crippen LogP contribution in [0.1, 0.15) is 42.1 Å². The molecule has 0 bridgehead atoms. The fraction of sp³-hybridized carbons (Fsp3) is 0.389. The predicted octanol–water partition coefficient (Wildman–Crippen LogP) is 2.09. The van der Waals surface area contributed by atoms with Gasteiger partial charge in [-0.15, -0.1) is 0 Å². The van der Waals surface area contributed by atoms with Crippen molar-refractivity contribution in [3.8, 4) is 0 Å². The topological polar surface area (TPSA) is 91.6 Å². The number of amides is 1. The van der Waals surface area contributed by atoms with Gasteiger partial charge in [0.25, 0.3) is 0 Å². The summed E-state index contributed by atoms with van der Waals surface area (Å²) < 4.78 is 16.7. The van der Waals surface area contributed by atoms with Crippen LogP contribution >= 0.6 is 0 Å². The number of carboxylic acids is 1. The molecule has 2 N–H and O–H groups in total. The first-order chi connectivity index (χ1) is 12.5. The molecule has 3 heterocycles. The van der Waals surface area contributed by atoms with Gasteiger partial charge >= 0.3 is 5.97 Å². The molecular formula is C18H16FN3O4. The van der Waals surface area contributed by atoms with E-state index in [9.17, 15) is 23.9 Å². The van der Waals surface area contributed by atoms with E-state index in [-0.39, 0.29) is 28.6 Å². The van der Waals surface area contributed by atoms with Gasteiger partial charge in [-0.2, -0.15) is 0 Å². The number of hydrogen-bond donors (Lipinski definition) is 2. The van der Waals surface area contributed by atoms with Gasteiger partial charge in [0.1, 0.15) is 17.4 Å². The van der Waals surface area contributed by atoms with Crippen molar-refractivity contribution in [2.75, 3.05) is 16.8 Å². The maximum Gasteiger partial charge on any atom is 0.341 e. The Morgan fingerprint density at radius 1 is 1.27 bits per heavy atom. The number of nitrogens with zero attached hydrogens (tertiary/aromatic N) is 2. The number of halogens is 1. The summed E-state index contributed by atoms with van der Waals surface area (Å²) in [5, 5.41) is 12.1. The molecule has 3 aliphatic rings. The quantitative estimate of drug-likeness (QED) is 0.859. The number of anilines is 2. The number of aromatic nitrogens is 1. The van der Waals surface area contributed by atoms with E-state index in [1.807, 2.05) is 0 Å². The molecule has 1 saturated carbocycles. The number of carboxylic acid groups (broad SMARTS) is 1. The fourth-order valence-corrected chi connectivity index (χ4v) is 4.18. The molecule has 1 saturated heterocycles. The Bertz CT molecular complexity index is 1060. The number of aromatic carboxylic acids is 1. The summed E-state index contributed by atoms with van der Waals surface area (Å²) in [5.74, 6) is -2.16. The lowest BCUT2D eigenvalue weighted by Gasteiger charge is -2.34. The average molecular weight is 357 g/mol. The Morgan fingerprint density at radius 3 is 2.73 bits per heavy atom. The molecule has 8 heteroatoms. The van der Waals surface area contributed by atoms with Gasteiger partial charge in [-0.05, 0) is 31.7 Å². The predicted molar refractivity (Wildman–Crippen MR) is 92.4 cm³/mol. The number of benzene rings is 1. The molecule has 0 unspecified atom stereocenters. The third-order valence-electron chi connectivity index (χ3n) is 5.50. The summed E-state index contributed by atoms with van der Waals surface area (Å²) >= 11 is 0. The minimum Gasteiger partial charge on any atom is -0.477 e. The third kappa shape index (κ3) is 1.95. The third-order valence-corrected chi connectivity index (χ3v) is 5.50. The lowest BCUT2D eigenvalue weighted by molar-refractivity contribution is -0.117. The Labute approximate surface area is 147 Å². The van der Waals surface area contributed by atoms with Gasteiger partial charge in [0.2, 0.25) is 11.3 Å². The lowest BCUT2D eigenvalue weighted by Crippen LogP contribution is -2.44. The Morgan fingerprint density at radius 2 is 2.04 bits per heavy atom. The molecule has 1 aromatic carbocycles. The van der Waals surface area contributed by atoms with Crippen LogP contribution < -0.4 is 15.6 Å². The van der Waals surface area contributed by atoms with Crippen LogP contribution in [0, 0.1) is 5.82 Å². The van der Waals surface area contributed by atoms with E-state index >= 15 is 0 Å². The van der Waals surface area contributed by atoms with Gasteiger partial charge in [0, 0.05) is 18.8 Å². The highest BCUT2D eigenvalue weighted by Gasteiger charge is 2.40. The van der Waals surface area contributed by atoms with Crippen LogP contribution in [0.25, 0.3) is 10.9 Å². The lowest BCUT2D eigenvalue weighted by atomic mass is 10.0. The standard InChI is InChI=1S/C18H16FN3O4/c19-11-6-9-14(13-15(11)21-5-1-2-12(21)17(24)20-13)22(8-3-4-8)7-10(16(9)23)18(25)26/h6-8,12H,1-5H2,(H,20,24)(H,25,26)/t12-/m1/s1. The van der Waals surface area contributed by atoms with Crippen LogP contribution in [0.2, 0.25) is 0 Å². The normalized spacial score (nSPS) is 21.5. The summed E-state index contributed by atoms with van der Waals surface area (Å²) in [7, 11) is 0. The highest BCUT2D eigenvalue weighted by atomic mass is 19.1. The summed E-state index contributed by atoms with van der Waals surface area (Å²) in [4.78, 5) is 38.3. The first-order valence-corrected chi connectivity index (χ1v) is 8.69. The summed E-state index contributed by atoms with van der Waals surface area (Å²) in [5.41, 5.74) is -0.119. The zero-order valence-electron chi connectivity index (χ0n) is 13.8. The highest BCUT2D eigenvalue weighted by molar-refractivity contribution is 6.12. The molecule has 0 spiro atoms. The van der Waals surface area contributed by atoms with Crippen LogP contribution in [-0.2, 0) is 4.79 Å². The number of carbonyl (C=O) groups excluding carboxylic acids is 1. The highest BCUT2D eigenvalue weighted by Crippen LogP contribution is 2.45. The first kappa shape index (κ1) is 15.4. The zero-order chi connectivity index (χ0) is 18.2. The van der Waals surface area contributed by atoms with Crippen molar-refractivity contribution in [1.29, 1.82) is 0 Å². The van der Waals surface area contributed by atoms with Gasteiger partial charge in [0.15, 0.2) is 0 Å². The van der Waals surface area contributed by atoms with E-state index in [4.69, 9.17) is 0 Å². The maximum atomic E-state index is 14.9.